The van der Waals surface area contributed by atoms with Crippen molar-refractivity contribution in [3.63, 3.8) is 0 Å². The zero-order valence-corrected chi connectivity index (χ0v) is 30.2. The van der Waals surface area contributed by atoms with Gasteiger partial charge in [-0.05, 0) is 22.2 Å². The molecule has 14 heteroatoms. The Labute approximate surface area is 252 Å². The molecular weight excluding hydrogens is 587 g/mol. The van der Waals surface area contributed by atoms with Gasteiger partial charge in [0.25, 0.3) is 5.56 Å². The Balaban J connectivity index is 1.97. The Hall–Kier alpha value is -1.84. The molecule has 1 unspecified atom stereocenters. The molecule has 234 valence electrons. The monoisotopic (exact) mass is 635 g/mol. The SMILES string of the molecule is CNc1nc2c(ncn2[C@@H]2O[C@@H]3CO[Si](C(C)C)(C(C)C)O[Si](C(C)C)(C(C)C)O[C@@H]3C2(O)C#C[Si](C)(C)C)c(=O)[nH]1. The van der Waals surface area contributed by atoms with Crippen LogP contribution < -0.4 is 10.9 Å². The number of H-pyrrole nitrogens is 1. The lowest BCUT2D eigenvalue weighted by molar-refractivity contribution is -0.0706. The highest BCUT2D eigenvalue weighted by Crippen LogP contribution is 2.51. The van der Waals surface area contributed by atoms with Crippen LogP contribution in [0.4, 0.5) is 5.95 Å². The highest BCUT2D eigenvalue weighted by Gasteiger charge is 2.65. The molecule has 0 spiro atoms. The van der Waals surface area contributed by atoms with Gasteiger partial charge in [-0.3, -0.25) is 14.3 Å². The van der Waals surface area contributed by atoms with Crippen LogP contribution in [0.1, 0.15) is 61.6 Å². The molecule has 3 N–H and O–H groups in total. The molecule has 4 atom stereocenters. The number of hydrogen-bond acceptors (Lipinski definition) is 9. The van der Waals surface area contributed by atoms with Crippen molar-refractivity contribution in [2.75, 3.05) is 19.0 Å². The number of aromatic nitrogens is 4. The van der Waals surface area contributed by atoms with Gasteiger partial charge in [0.15, 0.2) is 23.0 Å². The Morgan fingerprint density at radius 2 is 1.69 bits per heavy atom. The van der Waals surface area contributed by atoms with Crippen molar-refractivity contribution in [2.45, 2.75) is 121 Å². The number of fused-ring (bicyclic) bond motifs is 2. The standard InChI is InChI=1S/C28H49N5O6Si3/c1-17(2)41(18(3)4)36-15-21-23(38-42(39-41,19(5)6)20(7)8)28(35,13-14-40(10,11)12)26(37-21)33-16-30-22-24(33)31-27(29-9)32-25(22)34/h16-21,23,26,35H,15H2,1-12H3,(H2,29,31,32,34)/t21-,23+,26-,28?/m1/s1. The highest BCUT2D eigenvalue weighted by atomic mass is 28.5. The smallest absolute Gasteiger partial charge is 0.335 e. The summed E-state index contributed by atoms with van der Waals surface area (Å²) in [5.74, 6) is 3.51. The summed E-state index contributed by atoms with van der Waals surface area (Å²) in [6, 6.07) is 0. The Morgan fingerprint density at radius 3 is 2.21 bits per heavy atom. The van der Waals surface area contributed by atoms with Gasteiger partial charge in [0.2, 0.25) is 5.95 Å². The van der Waals surface area contributed by atoms with Crippen LogP contribution in [0.25, 0.3) is 11.2 Å². The van der Waals surface area contributed by atoms with Gasteiger partial charge in [0.05, 0.1) is 12.9 Å². The number of imidazole rings is 1. The maximum absolute atomic E-state index is 12.8. The highest BCUT2D eigenvalue weighted by molar-refractivity contribution is 6.84. The predicted molar refractivity (Wildman–Crippen MR) is 171 cm³/mol. The third-order valence-electron chi connectivity index (χ3n) is 8.33. The summed E-state index contributed by atoms with van der Waals surface area (Å²) in [5, 5.41) is 15.6. The maximum Gasteiger partial charge on any atom is 0.335 e. The first-order valence-corrected chi connectivity index (χ1v) is 22.4. The molecular formula is C28H49N5O6Si3. The van der Waals surface area contributed by atoms with Crippen molar-refractivity contribution in [1.29, 1.82) is 0 Å². The summed E-state index contributed by atoms with van der Waals surface area (Å²) in [5.41, 5.74) is 2.05. The molecule has 0 aromatic carbocycles. The lowest BCUT2D eigenvalue weighted by Crippen LogP contribution is -2.67. The zero-order chi connectivity index (χ0) is 31.4. The lowest BCUT2D eigenvalue weighted by atomic mass is 9.95. The molecule has 0 radical (unpaired) electrons. The minimum atomic E-state index is -3.09. The third kappa shape index (κ3) is 5.58. The molecule has 2 aliphatic heterocycles. The summed E-state index contributed by atoms with van der Waals surface area (Å²) in [6.07, 6.45) is -1.08. The topological polar surface area (TPSA) is 133 Å². The van der Waals surface area contributed by atoms with Crippen LogP contribution >= 0.6 is 0 Å². The fourth-order valence-corrected chi connectivity index (χ4v) is 17.9. The second kappa shape index (κ2) is 11.6. The van der Waals surface area contributed by atoms with Gasteiger partial charge in [-0.25, -0.2) is 4.98 Å². The fourth-order valence-electron chi connectivity index (χ4n) is 6.10. The number of ether oxygens (including phenoxy) is 1. The largest absolute Gasteiger partial charge is 0.414 e. The number of hydrogen-bond donors (Lipinski definition) is 3. The van der Waals surface area contributed by atoms with E-state index in [2.05, 4.69) is 107 Å². The summed E-state index contributed by atoms with van der Waals surface area (Å²) in [7, 11) is -6.20. The summed E-state index contributed by atoms with van der Waals surface area (Å²) in [4.78, 5) is 24.4. The summed E-state index contributed by atoms with van der Waals surface area (Å²) < 4.78 is 29.8. The van der Waals surface area contributed by atoms with E-state index in [1.807, 2.05) is 0 Å². The first-order chi connectivity index (χ1) is 19.4. The maximum atomic E-state index is 12.8. The molecule has 42 heavy (non-hydrogen) atoms. The predicted octanol–water partition coefficient (Wildman–Crippen LogP) is 4.63. The van der Waals surface area contributed by atoms with Crippen LogP contribution in [0.2, 0.25) is 41.8 Å². The Kier molecular flexibility index (Phi) is 9.12. The molecule has 2 aromatic rings. The van der Waals surface area contributed by atoms with Gasteiger partial charge in [0, 0.05) is 7.05 Å². The molecule has 2 saturated heterocycles. The third-order valence-corrected chi connectivity index (χ3v) is 19.4. The van der Waals surface area contributed by atoms with Gasteiger partial charge < -0.3 is 28.1 Å². The van der Waals surface area contributed by atoms with Crippen molar-refractivity contribution in [2.24, 2.45) is 0 Å². The molecule has 0 saturated carbocycles. The van der Waals surface area contributed by atoms with E-state index in [-0.39, 0.29) is 45.9 Å². The molecule has 2 aromatic heterocycles. The number of aliphatic hydroxyl groups is 1. The molecule has 11 nitrogen and oxygen atoms in total. The van der Waals surface area contributed by atoms with Crippen LogP contribution in [-0.4, -0.2) is 81.3 Å². The average Bonchev–Trinajstić information content (AvgIpc) is 3.40. The molecule has 0 amide bonds. The van der Waals surface area contributed by atoms with E-state index in [9.17, 15) is 9.90 Å². The number of anilines is 1. The lowest BCUT2D eigenvalue weighted by Gasteiger charge is -2.51. The minimum absolute atomic E-state index is 0.0602. The normalized spacial score (nSPS) is 27.7. The van der Waals surface area contributed by atoms with Crippen molar-refractivity contribution in [3.8, 4) is 11.5 Å². The van der Waals surface area contributed by atoms with E-state index >= 15 is 0 Å². The minimum Gasteiger partial charge on any atom is -0.414 e. The quantitative estimate of drug-likeness (QED) is 0.307. The van der Waals surface area contributed by atoms with Gasteiger partial charge >= 0.3 is 17.1 Å². The Bertz CT molecular complexity index is 1390. The first-order valence-electron chi connectivity index (χ1n) is 15.0. The fraction of sp³-hybridized carbons (Fsp3) is 0.750. The van der Waals surface area contributed by atoms with Crippen molar-refractivity contribution < 1.29 is 22.8 Å². The first kappa shape index (κ1) is 33.1. The average molecular weight is 636 g/mol. The van der Waals surface area contributed by atoms with E-state index in [0.717, 1.165) is 0 Å². The van der Waals surface area contributed by atoms with E-state index < -0.39 is 54.8 Å². The number of nitrogens with one attached hydrogen (secondary N) is 2. The van der Waals surface area contributed by atoms with E-state index in [4.69, 9.17) is 17.7 Å². The number of rotatable bonds is 6. The van der Waals surface area contributed by atoms with E-state index in [1.54, 1.807) is 11.6 Å². The van der Waals surface area contributed by atoms with E-state index in [1.165, 1.54) is 6.33 Å². The van der Waals surface area contributed by atoms with Gasteiger partial charge in [0.1, 0.15) is 20.3 Å². The number of nitrogens with zero attached hydrogens (tertiary/aromatic N) is 3. The molecule has 2 aliphatic rings. The van der Waals surface area contributed by atoms with Crippen LogP contribution in [0.15, 0.2) is 11.1 Å². The van der Waals surface area contributed by atoms with Gasteiger partial charge in [-0.1, -0.05) is 81.0 Å². The zero-order valence-electron chi connectivity index (χ0n) is 27.2. The van der Waals surface area contributed by atoms with Gasteiger partial charge in [-0.2, -0.15) is 4.98 Å². The van der Waals surface area contributed by atoms with Crippen LogP contribution in [0.5, 0.6) is 0 Å². The van der Waals surface area contributed by atoms with Crippen molar-refractivity contribution in [3.05, 3.63) is 16.7 Å². The molecule has 0 aliphatic carbocycles. The molecule has 4 rings (SSSR count). The van der Waals surface area contributed by atoms with E-state index in [0.29, 0.717) is 0 Å². The van der Waals surface area contributed by atoms with Crippen LogP contribution in [-0.2, 0) is 17.7 Å². The van der Waals surface area contributed by atoms with Gasteiger partial charge in [-0.15, -0.1) is 5.54 Å². The molecule has 4 heterocycles. The molecule has 0 bridgehead atoms. The number of aromatic amines is 1. The van der Waals surface area contributed by atoms with Crippen molar-refractivity contribution in [1.82, 2.24) is 19.5 Å². The molecule has 2 fully saturated rings. The van der Waals surface area contributed by atoms with Crippen molar-refractivity contribution >= 4 is 42.3 Å². The second-order valence-electron chi connectivity index (χ2n) is 13.9. The summed E-state index contributed by atoms with van der Waals surface area (Å²) >= 11 is 0. The van der Waals surface area contributed by atoms with Crippen LogP contribution in [0.3, 0.4) is 0 Å². The Morgan fingerprint density at radius 1 is 1.10 bits per heavy atom. The summed E-state index contributed by atoms with van der Waals surface area (Å²) in [6.45, 7) is 23.8. The van der Waals surface area contributed by atoms with Crippen LogP contribution in [0, 0.1) is 11.5 Å². The second-order valence-corrected chi connectivity index (χ2v) is 27.4.